The van der Waals surface area contributed by atoms with Crippen LogP contribution in [-0.2, 0) is 4.79 Å². The Kier molecular flexibility index (Phi) is 1.35. The fourth-order valence-corrected chi connectivity index (χ4v) is 4.10. The second-order valence-corrected chi connectivity index (χ2v) is 9.58. The fourth-order valence-electron chi connectivity index (χ4n) is 2.18. The van der Waals surface area contributed by atoms with Crippen molar-refractivity contribution >= 4 is 14.1 Å². The lowest BCUT2D eigenvalue weighted by molar-refractivity contribution is -0.144. The normalized spacial score (nSPS) is 33.5. The van der Waals surface area contributed by atoms with Crippen molar-refractivity contribution in [2.45, 2.75) is 32.6 Å². The molecule has 1 heterocycles. The highest BCUT2D eigenvalue weighted by atomic mass is 28.3. The van der Waals surface area contributed by atoms with Gasteiger partial charge in [0.05, 0.1) is 12.0 Å². The smallest absolute Gasteiger partial charge is 0.224 e. The molecule has 1 aliphatic carbocycles. The van der Waals surface area contributed by atoms with E-state index in [0.717, 1.165) is 0 Å². The minimum atomic E-state index is -1.38. The van der Waals surface area contributed by atoms with E-state index in [1.165, 1.54) is 5.57 Å². The predicted octanol–water partition coefficient (Wildman–Crippen LogP) is 1.61. The SMILES string of the molecule is CC1=CC2C1C(=O)N2[Si](C)(C)C. The maximum atomic E-state index is 11.6. The Morgan fingerprint density at radius 3 is 2.33 bits per heavy atom. The molecule has 3 heteroatoms. The van der Waals surface area contributed by atoms with Crippen LogP contribution < -0.4 is 0 Å². The van der Waals surface area contributed by atoms with E-state index >= 15 is 0 Å². The average molecular weight is 181 g/mol. The van der Waals surface area contributed by atoms with Crippen molar-refractivity contribution in [1.29, 1.82) is 0 Å². The van der Waals surface area contributed by atoms with E-state index in [4.69, 9.17) is 0 Å². The molecule has 66 valence electrons. The third-order valence-corrected chi connectivity index (χ3v) is 4.75. The molecule has 1 fully saturated rings. The van der Waals surface area contributed by atoms with Crippen molar-refractivity contribution in [3.05, 3.63) is 11.6 Å². The predicted molar refractivity (Wildman–Crippen MR) is 51.2 cm³/mol. The van der Waals surface area contributed by atoms with Crippen molar-refractivity contribution in [1.82, 2.24) is 4.57 Å². The molecule has 2 rings (SSSR count). The van der Waals surface area contributed by atoms with Gasteiger partial charge in [0.15, 0.2) is 8.24 Å². The van der Waals surface area contributed by atoms with Gasteiger partial charge in [0.1, 0.15) is 0 Å². The van der Waals surface area contributed by atoms with Crippen molar-refractivity contribution in [3.8, 4) is 0 Å². The summed E-state index contributed by atoms with van der Waals surface area (Å²) in [6, 6.07) is 0.476. The first-order chi connectivity index (χ1) is 5.43. The Balaban J connectivity index is 2.21. The summed E-state index contributed by atoms with van der Waals surface area (Å²) in [6.07, 6.45) is 2.23. The number of carbonyl (C=O) groups is 1. The van der Waals surface area contributed by atoms with E-state index in [9.17, 15) is 4.79 Å². The minimum absolute atomic E-state index is 0.275. The summed E-state index contributed by atoms with van der Waals surface area (Å²) >= 11 is 0. The molecule has 0 radical (unpaired) electrons. The van der Waals surface area contributed by atoms with Crippen LogP contribution in [0.25, 0.3) is 0 Å². The molecular formula is C9H15NOSi. The molecule has 2 nitrogen and oxygen atoms in total. The first kappa shape index (κ1) is 8.04. The van der Waals surface area contributed by atoms with E-state index in [0.29, 0.717) is 11.9 Å². The Hall–Kier alpha value is -0.573. The van der Waals surface area contributed by atoms with Crippen LogP contribution in [-0.4, -0.2) is 24.7 Å². The highest BCUT2D eigenvalue weighted by molar-refractivity contribution is 6.76. The van der Waals surface area contributed by atoms with Gasteiger partial charge in [-0.15, -0.1) is 0 Å². The third kappa shape index (κ3) is 0.773. The van der Waals surface area contributed by atoms with Crippen LogP contribution in [0.2, 0.25) is 19.6 Å². The number of hydrogen-bond acceptors (Lipinski definition) is 1. The second-order valence-electron chi connectivity index (χ2n) is 4.76. The van der Waals surface area contributed by atoms with Gasteiger partial charge in [-0.05, 0) is 6.92 Å². The molecule has 12 heavy (non-hydrogen) atoms. The lowest BCUT2D eigenvalue weighted by Crippen LogP contribution is -2.72. The van der Waals surface area contributed by atoms with Crippen molar-refractivity contribution in [2.24, 2.45) is 5.92 Å². The minimum Gasteiger partial charge on any atom is -0.362 e. The quantitative estimate of drug-likeness (QED) is 0.342. The van der Waals surface area contributed by atoms with E-state index in [-0.39, 0.29) is 5.92 Å². The van der Waals surface area contributed by atoms with Gasteiger partial charge in [-0.2, -0.15) is 0 Å². The van der Waals surface area contributed by atoms with Gasteiger partial charge in [0.2, 0.25) is 5.91 Å². The largest absolute Gasteiger partial charge is 0.362 e. The first-order valence-electron chi connectivity index (χ1n) is 4.44. The highest BCUT2D eigenvalue weighted by Gasteiger charge is 2.55. The van der Waals surface area contributed by atoms with Crippen LogP contribution >= 0.6 is 0 Å². The summed E-state index contributed by atoms with van der Waals surface area (Å²) in [5.74, 6) is 0.649. The molecule has 0 aromatic rings. The Labute approximate surface area is 74.3 Å². The fraction of sp³-hybridized carbons (Fsp3) is 0.667. The molecule has 2 aliphatic rings. The summed E-state index contributed by atoms with van der Waals surface area (Å²) in [5, 5.41) is 0. The topological polar surface area (TPSA) is 20.3 Å². The third-order valence-electron chi connectivity index (χ3n) is 2.79. The number of carbonyl (C=O) groups excluding carboxylic acids is 1. The zero-order valence-corrected chi connectivity index (χ0v) is 9.09. The van der Waals surface area contributed by atoms with Crippen LogP contribution in [0, 0.1) is 5.92 Å². The molecule has 0 aromatic heterocycles. The van der Waals surface area contributed by atoms with E-state index in [1.54, 1.807) is 0 Å². The van der Waals surface area contributed by atoms with E-state index in [2.05, 4.69) is 37.2 Å². The van der Waals surface area contributed by atoms with Crippen molar-refractivity contribution < 1.29 is 4.79 Å². The van der Waals surface area contributed by atoms with Gasteiger partial charge in [-0.25, -0.2) is 0 Å². The Bertz CT molecular complexity index is 277. The molecule has 0 aromatic carbocycles. The number of rotatable bonds is 1. The Morgan fingerprint density at radius 1 is 1.42 bits per heavy atom. The molecular weight excluding hydrogens is 166 g/mol. The van der Waals surface area contributed by atoms with Crippen LogP contribution in [0.4, 0.5) is 0 Å². The van der Waals surface area contributed by atoms with Gasteiger partial charge in [-0.3, -0.25) is 4.79 Å². The monoisotopic (exact) mass is 181 g/mol. The lowest BCUT2D eigenvalue weighted by Gasteiger charge is -2.57. The van der Waals surface area contributed by atoms with Crippen LogP contribution in [0.5, 0.6) is 0 Å². The maximum Gasteiger partial charge on any atom is 0.224 e. The Morgan fingerprint density at radius 2 is 2.00 bits per heavy atom. The summed E-state index contributed by atoms with van der Waals surface area (Å²) in [5.41, 5.74) is 1.28. The van der Waals surface area contributed by atoms with Crippen LogP contribution in [0.3, 0.4) is 0 Å². The molecule has 0 bridgehead atoms. The number of amides is 1. The molecule has 0 spiro atoms. The van der Waals surface area contributed by atoms with Crippen molar-refractivity contribution in [3.63, 3.8) is 0 Å². The van der Waals surface area contributed by atoms with Crippen LogP contribution in [0.15, 0.2) is 11.6 Å². The van der Waals surface area contributed by atoms with Gasteiger partial charge in [0.25, 0.3) is 0 Å². The molecule has 1 saturated heterocycles. The van der Waals surface area contributed by atoms with Gasteiger partial charge in [0, 0.05) is 0 Å². The second kappa shape index (κ2) is 2.02. The molecule has 2 atom stereocenters. The number of hydrogen-bond donors (Lipinski definition) is 0. The standard InChI is InChI=1S/C9H15NOSi/c1-6-5-7-8(6)9(11)10(7)12(2,3)4/h5,7-8H,1-4H3. The number of β-lactam (4-membered cyclic amide) rings is 1. The number of fused-ring (bicyclic) bond motifs is 1. The van der Waals surface area contributed by atoms with E-state index < -0.39 is 8.24 Å². The lowest BCUT2D eigenvalue weighted by atomic mass is 9.74. The van der Waals surface area contributed by atoms with Gasteiger partial charge < -0.3 is 4.57 Å². The summed E-state index contributed by atoms with van der Waals surface area (Å²) < 4.78 is 2.12. The molecule has 0 saturated carbocycles. The molecule has 1 aliphatic heterocycles. The maximum absolute atomic E-state index is 11.6. The van der Waals surface area contributed by atoms with Crippen molar-refractivity contribution in [2.75, 3.05) is 0 Å². The molecule has 2 unspecified atom stereocenters. The zero-order chi connectivity index (χ0) is 9.09. The van der Waals surface area contributed by atoms with E-state index in [1.807, 2.05) is 0 Å². The summed E-state index contributed by atoms with van der Waals surface area (Å²) in [4.78, 5) is 11.6. The summed E-state index contributed by atoms with van der Waals surface area (Å²) in [6.45, 7) is 8.73. The number of nitrogens with zero attached hydrogens (tertiary/aromatic N) is 1. The molecule has 1 amide bonds. The first-order valence-corrected chi connectivity index (χ1v) is 7.89. The average Bonchev–Trinajstić information content (AvgIpc) is 1.81. The highest BCUT2D eigenvalue weighted by Crippen LogP contribution is 2.44. The summed E-state index contributed by atoms with van der Waals surface area (Å²) in [7, 11) is -1.38. The van der Waals surface area contributed by atoms with Gasteiger partial charge in [-0.1, -0.05) is 31.3 Å². The zero-order valence-electron chi connectivity index (χ0n) is 8.09. The molecule has 0 N–H and O–H groups in total. The van der Waals surface area contributed by atoms with Gasteiger partial charge >= 0.3 is 0 Å². The van der Waals surface area contributed by atoms with Crippen LogP contribution in [0.1, 0.15) is 6.92 Å².